The van der Waals surface area contributed by atoms with Crippen molar-refractivity contribution in [2.24, 2.45) is 0 Å². The van der Waals surface area contributed by atoms with Gasteiger partial charge < -0.3 is 24.8 Å². The van der Waals surface area contributed by atoms with Crippen LogP contribution in [0, 0.1) is 0 Å². The minimum atomic E-state index is -3.40. The number of fused-ring (bicyclic) bond motifs is 3. The molecule has 2 saturated heterocycles. The van der Waals surface area contributed by atoms with Gasteiger partial charge in [0.2, 0.25) is 15.9 Å². The maximum atomic E-state index is 12.5. The molecule has 0 bridgehead atoms. The molecule has 3 heterocycles. The van der Waals surface area contributed by atoms with Gasteiger partial charge in [0.25, 0.3) is 0 Å². The Kier molecular flexibility index (Phi) is 7.24. The Morgan fingerprint density at radius 2 is 2.03 bits per heavy atom. The number of anilines is 1. The summed E-state index contributed by atoms with van der Waals surface area (Å²) in [5, 5.41) is 12.9. The van der Waals surface area contributed by atoms with E-state index in [4.69, 9.17) is 9.47 Å². The van der Waals surface area contributed by atoms with Crippen LogP contribution in [0.1, 0.15) is 43.6 Å². The van der Waals surface area contributed by atoms with Crippen molar-refractivity contribution in [2.45, 2.75) is 56.3 Å². The molecule has 10 heteroatoms. The number of aliphatic hydroxyl groups excluding tert-OH is 1. The van der Waals surface area contributed by atoms with Crippen LogP contribution in [-0.2, 0) is 19.6 Å². The first-order chi connectivity index (χ1) is 15.3. The summed E-state index contributed by atoms with van der Waals surface area (Å²) in [6.45, 7) is 3.46. The van der Waals surface area contributed by atoms with Crippen molar-refractivity contribution in [3.8, 4) is 5.75 Å². The van der Waals surface area contributed by atoms with Crippen molar-refractivity contribution in [1.82, 2.24) is 10.2 Å². The molecule has 3 N–H and O–H groups in total. The van der Waals surface area contributed by atoms with E-state index < -0.39 is 16.1 Å². The van der Waals surface area contributed by atoms with E-state index in [-0.39, 0.29) is 37.1 Å². The normalized spacial score (nSPS) is 27.8. The molecule has 0 aromatic heterocycles. The van der Waals surface area contributed by atoms with Gasteiger partial charge >= 0.3 is 0 Å². The fourth-order valence-corrected chi connectivity index (χ4v) is 5.54. The van der Waals surface area contributed by atoms with Gasteiger partial charge in [-0.05, 0) is 50.6 Å². The molecule has 3 aliphatic heterocycles. The second-order valence-electron chi connectivity index (χ2n) is 8.99. The topological polar surface area (TPSA) is 117 Å². The lowest BCUT2D eigenvalue weighted by Gasteiger charge is -2.37. The molecule has 32 heavy (non-hydrogen) atoms. The van der Waals surface area contributed by atoms with E-state index in [1.54, 1.807) is 18.2 Å². The summed E-state index contributed by atoms with van der Waals surface area (Å²) in [4.78, 5) is 14.9. The number of aliphatic hydroxyl groups is 1. The number of likely N-dealkylation sites (tertiary alicyclic amines) is 1. The summed E-state index contributed by atoms with van der Waals surface area (Å²) >= 11 is 0. The molecule has 0 aliphatic carbocycles. The van der Waals surface area contributed by atoms with Crippen molar-refractivity contribution >= 4 is 21.6 Å². The predicted molar refractivity (Wildman–Crippen MR) is 120 cm³/mol. The van der Waals surface area contributed by atoms with Gasteiger partial charge in [0.05, 0.1) is 25.4 Å². The zero-order valence-corrected chi connectivity index (χ0v) is 19.3. The van der Waals surface area contributed by atoms with Crippen molar-refractivity contribution < 1.29 is 27.8 Å². The highest BCUT2D eigenvalue weighted by Gasteiger charge is 2.46. The number of nitrogens with one attached hydrogen (secondary N) is 2. The van der Waals surface area contributed by atoms with Crippen LogP contribution in [0.3, 0.4) is 0 Å². The first-order valence-corrected chi connectivity index (χ1v) is 13.3. The number of carbonyl (C=O) groups is 1. The average Bonchev–Trinajstić information content (AvgIpc) is 3.11. The molecule has 0 spiro atoms. The maximum absolute atomic E-state index is 12.5. The Morgan fingerprint density at radius 1 is 1.25 bits per heavy atom. The van der Waals surface area contributed by atoms with Gasteiger partial charge in [-0.25, -0.2) is 8.42 Å². The fraction of sp³-hybridized carbons (Fsp3) is 0.682. The van der Waals surface area contributed by atoms with E-state index in [0.29, 0.717) is 24.4 Å². The van der Waals surface area contributed by atoms with Crippen LogP contribution in [0.4, 0.5) is 5.69 Å². The van der Waals surface area contributed by atoms with Gasteiger partial charge in [-0.1, -0.05) is 6.42 Å². The van der Waals surface area contributed by atoms with Crippen molar-refractivity contribution in [2.75, 3.05) is 43.8 Å². The highest BCUT2D eigenvalue weighted by atomic mass is 32.2. The predicted octanol–water partition coefficient (Wildman–Crippen LogP) is 1.04. The molecule has 178 valence electrons. The lowest BCUT2D eigenvalue weighted by molar-refractivity contribution is -0.142. The second-order valence-corrected chi connectivity index (χ2v) is 10.7. The zero-order valence-electron chi connectivity index (χ0n) is 18.5. The van der Waals surface area contributed by atoms with Crippen LogP contribution < -0.4 is 14.8 Å². The second kappa shape index (κ2) is 9.94. The quantitative estimate of drug-likeness (QED) is 0.523. The molecular weight excluding hydrogens is 434 g/mol. The van der Waals surface area contributed by atoms with Gasteiger partial charge in [0.15, 0.2) is 0 Å². The third-order valence-electron chi connectivity index (χ3n) is 6.41. The van der Waals surface area contributed by atoms with E-state index in [2.05, 4.69) is 14.9 Å². The number of nitrogens with zero attached hydrogens (tertiary/aromatic N) is 1. The summed E-state index contributed by atoms with van der Waals surface area (Å²) in [7, 11) is -3.40. The zero-order chi connectivity index (χ0) is 22.7. The van der Waals surface area contributed by atoms with E-state index in [0.717, 1.165) is 31.5 Å². The highest BCUT2D eigenvalue weighted by Crippen LogP contribution is 2.47. The smallest absolute Gasteiger partial charge is 0.229 e. The molecule has 3 aliphatic rings. The third kappa shape index (κ3) is 5.72. The van der Waals surface area contributed by atoms with E-state index >= 15 is 0 Å². The molecule has 0 radical (unpaired) electrons. The number of rotatable bonds is 8. The van der Waals surface area contributed by atoms with Crippen LogP contribution >= 0.6 is 0 Å². The Morgan fingerprint density at radius 3 is 2.75 bits per heavy atom. The van der Waals surface area contributed by atoms with Gasteiger partial charge in [-0.3, -0.25) is 9.52 Å². The molecule has 0 saturated carbocycles. The maximum Gasteiger partial charge on any atom is 0.229 e. The Labute approximate surface area is 189 Å². The molecule has 1 amide bonds. The number of hydrogen-bond donors (Lipinski definition) is 3. The molecule has 2 fully saturated rings. The van der Waals surface area contributed by atoms with Crippen molar-refractivity contribution in [1.29, 1.82) is 0 Å². The first-order valence-electron chi connectivity index (χ1n) is 11.4. The number of carbonyl (C=O) groups excluding carboxylic acids is 1. The van der Waals surface area contributed by atoms with Crippen LogP contribution in [0.25, 0.3) is 0 Å². The summed E-state index contributed by atoms with van der Waals surface area (Å²) in [5.74, 6) is 0.518. The lowest BCUT2D eigenvalue weighted by atomic mass is 9.84. The number of amides is 1. The van der Waals surface area contributed by atoms with Crippen molar-refractivity contribution in [3.63, 3.8) is 0 Å². The molecule has 9 nitrogen and oxygen atoms in total. The van der Waals surface area contributed by atoms with Crippen LogP contribution in [0.2, 0.25) is 0 Å². The number of piperidine rings is 1. The van der Waals surface area contributed by atoms with Gasteiger partial charge in [-0.2, -0.15) is 0 Å². The molecule has 4 atom stereocenters. The van der Waals surface area contributed by atoms with E-state index in [1.165, 1.54) is 19.3 Å². The van der Waals surface area contributed by atoms with E-state index in [1.807, 2.05) is 0 Å². The molecule has 0 unspecified atom stereocenters. The van der Waals surface area contributed by atoms with Gasteiger partial charge in [-0.15, -0.1) is 0 Å². The summed E-state index contributed by atoms with van der Waals surface area (Å²) in [6.07, 6.45) is 4.38. The lowest BCUT2D eigenvalue weighted by Crippen LogP contribution is -2.47. The van der Waals surface area contributed by atoms with E-state index in [9.17, 15) is 18.3 Å². The minimum absolute atomic E-state index is 0.0613. The minimum Gasteiger partial charge on any atom is -0.487 e. The highest BCUT2D eigenvalue weighted by molar-refractivity contribution is 7.92. The summed E-state index contributed by atoms with van der Waals surface area (Å²) in [6, 6.07) is 5.16. The van der Waals surface area contributed by atoms with Crippen LogP contribution in [-0.4, -0.2) is 81.7 Å². The van der Waals surface area contributed by atoms with Gasteiger partial charge in [0, 0.05) is 30.3 Å². The Bertz CT molecular complexity index is 918. The summed E-state index contributed by atoms with van der Waals surface area (Å²) in [5.41, 5.74) is 1.34. The largest absolute Gasteiger partial charge is 0.487 e. The monoisotopic (exact) mass is 467 g/mol. The van der Waals surface area contributed by atoms with Crippen molar-refractivity contribution in [3.05, 3.63) is 23.8 Å². The third-order valence-corrected chi connectivity index (χ3v) is 7.02. The first kappa shape index (κ1) is 23.3. The number of sulfonamides is 1. The molecule has 4 rings (SSSR count). The molecule has 1 aromatic rings. The Hall–Kier alpha value is -1.88. The summed E-state index contributed by atoms with van der Waals surface area (Å²) < 4.78 is 37.7. The molecular formula is C22H33N3O6S. The standard InChI is InChI=1S/C22H33N3O6S/c1-32(28,29)24-15-5-6-19-17(11-15)18-12-16(30-20(14-26)22(18)31-19)13-21(27)23-7-10-25-8-3-2-4-9-25/h5-6,11,16,18,20,22,24,26H,2-4,7-10,12-14H2,1H3,(H,23,27)/t16-,18+,20+,22-/m0/s1. The fourth-order valence-electron chi connectivity index (χ4n) is 4.98. The average molecular weight is 468 g/mol. The van der Waals surface area contributed by atoms with Crippen LogP contribution in [0.5, 0.6) is 5.75 Å². The van der Waals surface area contributed by atoms with Crippen LogP contribution in [0.15, 0.2) is 18.2 Å². The Balaban J connectivity index is 1.37. The number of hydrogen-bond acceptors (Lipinski definition) is 7. The molecule has 1 aromatic carbocycles. The van der Waals surface area contributed by atoms with Gasteiger partial charge in [0.1, 0.15) is 18.0 Å². The SMILES string of the molecule is CS(=O)(=O)Nc1ccc2c(c1)[C@H]1C[C@@H](CC(=O)NCCN3CCCCC3)O[C@H](CO)[C@H]1O2. The number of ether oxygens (including phenoxy) is 2. The number of benzene rings is 1.